The van der Waals surface area contributed by atoms with Crippen molar-refractivity contribution >= 4 is 11.3 Å². The van der Waals surface area contributed by atoms with E-state index >= 15 is 0 Å². The Morgan fingerprint density at radius 1 is 1.25 bits per heavy atom. The van der Waals surface area contributed by atoms with E-state index in [1.54, 1.807) is 0 Å². The van der Waals surface area contributed by atoms with Crippen LogP contribution in [-0.2, 0) is 0 Å². The SMILES string of the molecule is Cc1nc(-c2nnc(C)s2)n[nH]1. The van der Waals surface area contributed by atoms with Crippen molar-refractivity contribution in [3.8, 4) is 10.8 Å². The van der Waals surface area contributed by atoms with Crippen LogP contribution in [0.15, 0.2) is 0 Å². The molecule has 0 amide bonds. The molecule has 2 rings (SSSR count). The molecule has 1 N–H and O–H groups in total. The van der Waals surface area contributed by atoms with Crippen LogP contribution in [0.1, 0.15) is 10.8 Å². The molecule has 62 valence electrons. The van der Waals surface area contributed by atoms with E-state index in [1.165, 1.54) is 11.3 Å². The maximum atomic E-state index is 4.14. The lowest BCUT2D eigenvalue weighted by Crippen LogP contribution is -1.78. The zero-order chi connectivity index (χ0) is 8.55. The minimum Gasteiger partial charge on any atom is -0.263 e. The summed E-state index contributed by atoms with van der Waals surface area (Å²) >= 11 is 1.49. The monoisotopic (exact) mass is 181 g/mol. The highest BCUT2D eigenvalue weighted by atomic mass is 32.1. The van der Waals surface area contributed by atoms with Gasteiger partial charge in [-0.3, -0.25) is 5.10 Å². The molecule has 2 aromatic heterocycles. The van der Waals surface area contributed by atoms with Gasteiger partial charge in [-0.1, -0.05) is 11.3 Å². The number of hydrogen-bond donors (Lipinski definition) is 1. The van der Waals surface area contributed by atoms with Gasteiger partial charge in [-0.2, -0.15) is 5.10 Å². The van der Waals surface area contributed by atoms with E-state index in [1.807, 2.05) is 13.8 Å². The zero-order valence-corrected chi connectivity index (χ0v) is 7.51. The number of rotatable bonds is 1. The van der Waals surface area contributed by atoms with Crippen LogP contribution < -0.4 is 0 Å². The quantitative estimate of drug-likeness (QED) is 0.711. The molecule has 0 atom stereocenters. The Bertz CT molecular complexity index is 352. The van der Waals surface area contributed by atoms with Crippen molar-refractivity contribution in [2.24, 2.45) is 0 Å². The standard InChI is InChI=1S/C6H7N5S/c1-3-7-5(10-8-3)6-11-9-4(2)12-6/h1-2H3,(H,7,8,10). The van der Waals surface area contributed by atoms with Crippen LogP contribution in [0.2, 0.25) is 0 Å². The zero-order valence-electron chi connectivity index (χ0n) is 6.70. The largest absolute Gasteiger partial charge is 0.263 e. The molecule has 0 radical (unpaired) electrons. The van der Waals surface area contributed by atoms with Crippen molar-refractivity contribution in [3.63, 3.8) is 0 Å². The van der Waals surface area contributed by atoms with Crippen LogP contribution in [0.3, 0.4) is 0 Å². The number of nitrogens with one attached hydrogen (secondary N) is 1. The second-order valence-corrected chi connectivity index (χ2v) is 3.55. The van der Waals surface area contributed by atoms with Gasteiger partial charge in [-0.15, -0.1) is 10.2 Å². The van der Waals surface area contributed by atoms with Gasteiger partial charge in [0, 0.05) is 0 Å². The fourth-order valence-corrected chi connectivity index (χ4v) is 1.45. The molecular weight excluding hydrogens is 174 g/mol. The number of aromatic nitrogens is 5. The maximum Gasteiger partial charge on any atom is 0.212 e. The number of hydrogen-bond acceptors (Lipinski definition) is 5. The van der Waals surface area contributed by atoms with Crippen LogP contribution in [-0.4, -0.2) is 25.4 Å². The van der Waals surface area contributed by atoms with E-state index in [-0.39, 0.29) is 0 Å². The van der Waals surface area contributed by atoms with E-state index in [0.717, 1.165) is 15.8 Å². The summed E-state index contributed by atoms with van der Waals surface area (Å²) in [5.74, 6) is 1.41. The third-order valence-corrected chi connectivity index (χ3v) is 2.15. The molecule has 0 aliphatic heterocycles. The summed E-state index contributed by atoms with van der Waals surface area (Å²) in [4.78, 5) is 4.14. The summed E-state index contributed by atoms with van der Waals surface area (Å²) in [5.41, 5.74) is 0. The van der Waals surface area contributed by atoms with Crippen LogP contribution in [0.4, 0.5) is 0 Å². The smallest absolute Gasteiger partial charge is 0.212 e. The molecule has 0 saturated heterocycles. The normalized spacial score (nSPS) is 10.5. The average Bonchev–Trinajstić information content (AvgIpc) is 2.58. The van der Waals surface area contributed by atoms with Gasteiger partial charge in [0.1, 0.15) is 10.8 Å². The molecule has 2 heterocycles. The summed E-state index contributed by atoms with van der Waals surface area (Å²) in [6.07, 6.45) is 0. The van der Waals surface area contributed by atoms with Gasteiger partial charge in [0.15, 0.2) is 5.01 Å². The van der Waals surface area contributed by atoms with Crippen LogP contribution >= 0.6 is 11.3 Å². The summed E-state index contributed by atoms with van der Waals surface area (Å²) in [7, 11) is 0. The molecule has 0 bridgehead atoms. The van der Waals surface area contributed by atoms with Gasteiger partial charge in [0.05, 0.1) is 0 Å². The van der Waals surface area contributed by atoms with E-state index in [4.69, 9.17) is 0 Å². The predicted molar refractivity (Wildman–Crippen MR) is 44.8 cm³/mol. The summed E-state index contributed by atoms with van der Waals surface area (Å²) in [6, 6.07) is 0. The van der Waals surface area contributed by atoms with Gasteiger partial charge in [-0.25, -0.2) is 4.98 Å². The van der Waals surface area contributed by atoms with Crippen molar-refractivity contribution in [2.45, 2.75) is 13.8 Å². The molecule has 12 heavy (non-hydrogen) atoms. The van der Waals surface area contributed by atoms with E-state index in [0.29, 0.717) is 5.82 Å². The second-order valence-electron chi connectivity index (χ2n) is 2.37. The highest BCUT2D eigenvalue weighted by Crippen LogP contribution is 2.18. The first kappa shape index (κ1) is 7.35. The lowest BCUT2D eigenvalue weighted by Gasteiger charge is -1.79. The highest BCUT2D eigenvalue weighted by molar-refractivity contribution is 7.14. The van der Waals surface area contributed by atoms with Crippen molar-refractivity contribution in [2.75, 3.05) is 0 Å². The molecular formula is C6H7N5S. The van der Waals surface area contributed by atoms with Crippen LogP contribution in [0.5, 0.6) is 0 Å². The molecule has 2 aromatic rings. The topological polar surface area (TPSA) is 67.3 Å². The Morgan fingerprint density at radius 3 is 2.58 bits per heavy atom. The molecule has 5 nitrogen and oxygen atoms in total. The van der Waals surface area contributed by atoms with Gasteiger partial charge < -0.3 is 0 Å². The Kier molecular flexibility index (Phi) is 1.61. The third-order valence-electron chi connectivity index (χ3n) is 1.31. The van der Waals surface area contributed by atoms with Gasteiger partial charge >= 0.3 is 0 Å². The van der Waals surface area contributed by atoms with Crippen LogP contribution in [0.25, 0.3) is 10.8 Å². The maximum absolute atomic E-state index is 4.14. The Labute approximate surface area is 72.9 Å². The van der Waals surface area contributed by atoms with E-state index < -0.39 is 0 Å². The average molecular weight is 181 g/mol. The van der Waals surface area contributed by atoms with Crippen molar-refractivity contribution in [1.29, 1.82) is 0 Å². The first-order valence-corrected chi connectivity index (χ1v) is 4.27. The highest BCUT2D eigenvalue weighted by Gasteiger charge is 2.07. The lowest BCUT2D eigenvalue weighted by molar-refractivity contribution is 1.02. The van der Waals surface area contributed by atoms with Gasteiger partial charge in [-0.05, 0) is 13.8 Å². The predicted octanol–water partition coefficient (Wildman–Crippen LogP) is 0.940. The third kappa shape index (κ3) is 1.20. The number of nitrogens with zero attached hydrogens (tertiary/aromatic N) is 4. The second kappa shape index (κ2) is 2.63. The fraction of sp³-hybridized carbons (Fsp3) is 0.333. The number of H-pyrrole nitrogens is 1. The Hall–Kier alpha value is -1.30. The molecule has 0 aromatic carbocycles. The van der Waals surface area contributed by atoms with Gasteiger partial charge in [0.2, 0.25) is 5.82 Å². The number of aromatic amines is 1. The number of aryl methyl sites for hydroxylation is 2. The Morgan fingerprint density at radius 2 is 2.08 bits per heavy atom. The summed E-state index contributed by atoms with van der Waals surface area (Å²) < 4.78 is 0. The molecule has 0 fully saturated rings. The molecule has 0 saturated carbocycles. The minimum absolute atomic E-state index is 0.623. The van der Waals surface area contributed by atoms with Crippen molar-refractivity contribution < 1.29 is 0 Å². The molecule has 0 aliphatic carbocycles. The lowest BCUT2D eigenvalue weighted by atomic mass is 10.6. The minimum atomic E-state index is 0.623. The molecule has 6 heteroatoms. The van der Waals surface area contributed by atoms with E-state index in [2.05, 4.69) is 25.4 Å². The molecule has 0 aliphatic rings. The van der Waals surface area contributed by atoms with E-state index in [9.17, 15) is 0 Å². The summed E-state index contributed by atoms with van der Waals surface area (Å²) in [6.45, 7) is 3.76. The molecule has 0 unspecified atom stereocenters. The van der Waals surface area contributed by atoms with Crippen molar-refractivity contribution in [1.82, 2.24) is 25.4 Å². The first-order valence-electron chi connectivity index (χ1n) is 3.45. The van der Waals surface area contributed by atoms with Gasteiger partial charge in [0.25, 0.3) is 0 Å². The molecule has 0 spiro atoms. The van der Waals surface area contributed by atoms with Crippen molar-refractivity contribution in [3.05, 3.63) is 10.8 Å². The first-order chi connectivity index (χ1) is 5.75. The summed E-state index contributed by atoms with van der Waals surface area (Å²) in [5, 5.41) is 16.2. The fourth-order valence-electron chi connectivity index (χ4n) is 0.825. The Balaban J connectivity index is 2.43. The van der Waals surface area contributed by atoms with Crippen LogP contribution in [0, 0.1) is 13.8 Å².